The van der Waals surface area contributed by atoms with Gasteiger partial charge in [-0.15, -0.1) is 24.0 Å². The van der Waals surface area contributed by atoms with Crippen LogP contribution in [0.5, 0.6) is 0 Å². The average Bonchev–Trinajstić information content (AvgIpc) is 2.58. The van der Waals surface area contributed by atoms with E-state index >= 15 is 0 Å². The fraction of sp³-hybridized carbons (Fsp3) is 0.533. The average molecular weight is 503 g/mol. The maximum absolute atomic E-state index is 12.2. The molecular formula is C15H24ClIN4O3S. The van der Waals surface area contributed by atoms with Crippen LogP contribution in [0.2, 0.25) is 5.02 Å². The van der Waals surface area contributed by atoms with Gasteiger partial charge in [-0.25, -0.2) is 8.42 Å². The van der Waals surface area contributed by atoms with Crippen LogP contribution < -0.4 is 10.6 Å². The summed E-state index contributed by atoms with van der Waals surface area (Å²) < 4.78 is 31.1. The van der Waals surface area contributed by atoms with Gasteiger partial charge in [0, 0.05) is 38.2 Å². The molecule has 1 heterocycles. The molecule has 7 nitrogen and oxygen atoms in total. The first-order chi connectivity index (χ1) is 11.5. The summed E-state index contributed by atoms with van der Waals surface area (Å²) in [6.07, 6.45) is 0. The summed E-state index contributed by atoms with van der Waals surface area (Å²) in [4.78, 5) is 4.09. The van der Waals surface area contributed by atoms with E-state index in [1.807, 2.05) is 24.3 Å². The number of benzene rings is 1. The Bertz CT molecular complexity index is 666. The normalized spacial score (nSPS) is 16.2. The number of hydrogen-bond donors (Lipinski definition) is 2. The molecule has 0 unspecified atom stereocenters. The van der Waals surface area contributed by atoms with Gasteiger partial charge in [-0.3, -0.25) is 4.99 Å². The van der Waals surface area contributed by atoms with Crippen LogP contribution in [0.4, 0.5) is 0 Å². The van der Waals surface area contributed by atoms with Crippen LogP contribution in [0.25, 0.3) is 0 Å². The van der Waals surface area contributed by atoms with E-state index in [-0.39, 0.29) is 36.3 Å². The summed E-state index contributed by atoms with van der Waals surface area (Å²) in [6.45, 7) is 2.59. The molecule has 1 aliphatic heterocycles. The Balaban J connectivity index is 0.00000312. The lowest BCUT2D eigenvalue weighted by Gasteiger charge is -2.26. The molecular weight excluding hydrogens is 479 g/mol. The minimum atomic E-state index is -3.27. The monoisotopic (exact) mass is 502 g/mol. The van der Waals surface area contributed by atoms with Gasteiger partial charge in [0.1, 0.15) is 0 Å². The Labute approximate surface area is 171 Å². The molecule has 0 spiro atoms. The zero-order valence-electron chi connectivity index (χ0n) is 14.1. The minimum absolute atomic E-state index is 0. The molecule has 142 valence electrons. The van der Waals surface area contributed by atoms with Crippen molar-refractivity contribution in [2.75, 3.05) is 45.6 Å². The van der Waals surface area contributed by atoms with Gasteiger partial charge in [0.2, 0.25) is 10.0 Å². The van der Waals surface area contributed by atoms with Crippen molar-refractivity contribution in [1.82, 2.24) is 14.9 Å². The zero-order chi connectivity index (χ0) is 17.4. The summed E-state index contributed by atoms with van der Waals surface area (Å²) in [7, 11) is -1.63. The number of nitrogens with zero attached hydrogens (tertiary/aromatic N) is 2. The number of guanidine groups is 1. The predicted octanol–water partition coefficient (Wildman–Crippen LogP) is 1.29. The highest BCUT2D eigenvalue weighted by Gasteiger charge is 2.23. The lowest BCUT2D eigenvalue weighted by atomic mass is 10.2. The Morgan fingerprint density at radius 1 is 1.32 bits per heavy atom. The lowest BCUT2D eigenvalue weighted by Crippen LogP contribution is -2.45. The van der Waals surface area contributed by atoms with E-state index in [9.17, 15) is 8.42 Å². The second kappa shape index (κ2) is 11.2. The highest BCUT2D eigenvalue weighted by atomic mass is 127. The quantitative estimate of drug-likeness (QED) is 0.348. The van der Waals surface area contributed by atoms with Crippen molar-refractivity contribution in [3.8, 4) is 0 Å². The van der Waals surface area contributed by atoms with Crippen molar-refractivity contribution in [2.45, 2.75) is 6.54 Å². The fourth-order valence-electron chi connectivity index (χ4n) is 2.31. The van der Waals surface area contributed by atoms with E-state index in [4.69, 9.17) is 16.3 Å². The summed E-state index contributed by atoms with van der Waals surface area (Å²) in [6, 6.07) is 7.51. The molecule has 0 atom stereocenters. The van der Waals surface area contributed by atoms with Crippen molar-refractivity contribution >= 4 is 51.6 Å². The molecule has 0 radical (unpaired) electrons. The van der Waals surface area contributed by atoms with Gasteiger partial charge in [-0.1, -0.05) is 23.7 Å². The highest BCUT2D eigenvalue weighted by Crippen LogP contribution is 2.10. The number of sulfonamides is 1. The molecule has 1 aromatic rings. The molecule has 0 saturated carbocycles. The fourth-order valence-corrected chi connectivity index (χ4v) is 3.84. The van der Waals surface area contributed by atoms with Crippen molar-refractivity contribution < 1.29 is 13.2 Å². The van der Waals surface area contributed by atoms with Gasteiger partial charge < -0.3 is 15.4 Å². The Hall–Kier alpha value is -0.620. The van der Waals surface area contributed by atoms with Gasteiger partial charge in [0.15, 0.2) is 5.96 Å². The number of ether oxygens (including phenoxy) is 1. The standard InChI is InChI=1S/C15H23ClN4O3S.HI/c1-17-15(19-12-13-3-2-4-14(16)11-13)18-5-10-24(21,22)20-6-8-23-9-7-20;/h2-4,11H,5-10,12H2,1H3,(H2,17,18,19);1H. The van der Waals surface area contributed by atoms with E-state index in [0.29, 0.717) is 43.8 Å². The number of nitrogens with one attached hydrogen (secondary N) is 2. The van der Waals surface area contributed by atoms with E-state index in [1.165, 1.54) is 4.31 Å². The molecule has 25 heavy (non-hydrogen) atoms. The highest BCUT2D eigenvalue weighted by molar-refractivity contribution is 14.0. The van der Waals surface area contributed by atoms with Crippen molar-refractivity contribution in [2.24, 2.45) is 4.99 Å². The number of halogens is 2. The van der Waals surface area contributed by atoms with Gasteiger partial charge >= 0.3 is 0 Å². The smallest absolute Gasteiger partial charge is 0.215 e. The second-order valence-electron chi connectivity index (χ2n) is 5.31. The van der Waals surface area contributed by atoms with Crippen LogP contribution in [0.1, 0.15) is 5.56 Å². The summed E-state index contributed by atoms with van der Waals surface area (Å²) >= 11 is 5.95. The van der Waals surface area contributed by atoms with Crippen LogP contribution in [-0.2, 0) is 21.3 Å². The first-order valence-electron chi connectivity index (χ1n) is 7.76. The largest absolute Gasteiger partial charge is 0.379 e. The topological polar surface area (TPSA) is 83.0 Å². The molecule has 1 saturated heterocycles. The third-order valence-corrected chi connectivity index (χ3v) is 5.70. The SMILES string of the molecule is CN=C(NCCS(=O)(=O)N1CCOCC1)NCc1cccc(Cl)c1.I. The number of rotatable bonds is 6. The van der Waals surface area contributed by atoms with Crippen LogP contribution in [0.3, 0.4) is 0 Å². The maximum atomic E-state index is 12.2. The van der Waals surface area contributed by atoms with Crippen LogP contribution in [0.15, 0.2) is 29.3 Å². The van der Waals surface area contributed by atoms with E-state index in [2.05, 4.69) is 15.6 Å². The molecule has 0 amide bonds. The van der Waals surface area contributed by atoms with Crippen LogP contribution in [0, 0.1) is 0 Å². The Morgan fingerprint density at radius 3 is 2.68 bits per heavy atom. The molecule has 1 aliphatic rings. The van der Waals surface area contributed by atoms with E-state index in [0.717, 1.165) is 5.56 Å². The molecule has 2 N–H and O–H groups in total. The second-order valence-corrected chi connectivity index (χ2v) is 7.83. The lowest BCUT2D eigenvalue weighted by molar-refractivity contribution is 0.0730. The van der Waals surface area contributed by atoms with Gasteiger partial charge in [-0.2, -0.15) is 4.31 Å². The van der Waals surface area contributed by atoms with Gasteiger partial charge in [0.05, 0.1) is 19.0 Å². The van der Waals surface area contributed by atoms with Crippen molar-refractivity contribution in [1.29, 1.82) is 0 Å². The minimum Gasteiger partial charge on any atom is -0.379 e. The summed E-state index contributed by atoms with van der Waals surface area (Å²) in [5.41, 5.74) is 1.02. The zero-order valence-corrected chi connectivity index (χ0v) is 18.0. The van der Waals surface area contributed by atoms with Crippen LogP contribution in [-0.4, -0.2) is 64.3 Å². The van der Waals surface area contributed by atoms with Gasteiger partial charge in [0.25, 0.3) is 0 Å². The first kappa shape index (κ1) is 22.4. The third-order valence-electron chi connectivity index (χ3n) is 3.59. The summed E-state index contributed by atoms with van der Waals surface area (Å²) in [5.74, 6) is 0.567. The molecule has 0 bridgehead atoms. The van der Waals surface area contributed by atoms with Crippen molar-refractivity contribution in [3.63, 3.8) is 0 Å². The van der Waals surface area contributed by atoms with Crippen LogP contribution >= 0.6 is 35.6 Å². The molecule has 2 rings (SSSR count). The predicted molar refractivity (Wildman–Crippen MR) is 111 cm³/mol. The summed E-state index contributed by atoms with van der Waals surface area (Å²) in [5, 5.41) is 6.82. The van der Waals surface area contributed by atoms with Crippen molar-refractivity contribution in [3.05, 3.63) is 34.9 Å². The van der Waals surface area contributed by atoms with Gasteiger partial charge in [-0.05, 0) is 17.7 Å². The number of hydrogen-bond acceptors (Lipinski definition) is 4. The number of morpholine rings is 1. The molecule has 0 aromatic heterocycles. The third kappa shape index (κ3) is 7.65. The first-order valence-corrected chi connectivity index (χ1v) is 9.74. The van der Waals surface area contributed by atoms with E-state index < -0.39 is 10.0 Å². The van der Waals surface area contributed by atoms with E-state index in [1.54, 1.807) is 7.05 Å². The molecule has 1 fully saturated rings. The molecule has 0 aliphatic carbocycles. The molecule has 10 heteroatoms. The maximum Gasteiger partial charge on any atom is 0.215 e. The molecule has 1 aromatic carbocycles. The Kier molecular flexibility index (Phi) is 10.0. The Morgan fingerprint density at radius 2 is 2.04 bits per heavy atom. The number of aliphatic imine (C=N–C) groups is 1.